The number of methoxy groups -OCH3 is 1. The lowest BCUT2D eigenvalue weighted by atomic mass is 9.83. The third kappa shape index (κ3) is 12.8. The zero-order valence-electron chi connectivity index (χ0n) is 39.1. The smallest absolute Gasteiger partial charge is 0.258 e. The lowest BCUT2D eigenvalue weighted by Crippen LogP contribution is -2.61. The molecule has 20 heteroatoms. The monoisotopic (exact) mass is 992 g/mol. The van der Waals surface area contributed by atoms with Gasteiger partial charge in [-0.3, -0.25) is 19.2 Å². The van der Waals surface area contributed by atoms with E-state index in [9.17, 15) is 24.3 Å². The Labute approximate surface area is 410 Å². The Kier molecular flexibility index (Phi) is 16.9. The largest absolute Gasteiger partial charge is 0.495 e. The molecule has 366 valence electrons. The quantitative estimate of drug-likeness (QED) is 0.0461. The van der Waals surface area contributed by atoms with Crippen molar-refractivity contribution in [3.63, 3.8) is 0 Å². The van der Waals surface area contributed by atoms with Crippen molar-refractivity contribution in [3.05, 3.63) is 76.0 Å². The predicted molar refractivity (Wildman–Crippen MR) is 265 cm³/mol. The maximum atomic E-state index is 15.1. The molecule has 0 spiro atoms. The number of aliphatic hydroxyl groups is 1. The molecule has 3 atom stereocenters. The highest BCUT2D eigenvalue weighted by Crippen LogP contribution is 2.42. The Morgan fingerprint density at radius 1 is 1.04 bits per heavy atom. The summed E-state index contributed by atoms with van der Waals surface area (Å²) in [6, 6.07) is 10.9. The van der Waals surface area contributed by atoms with E-state index in [1.54, 1.807) is 48.3 Å². The second kappa shape index (κ2) is 22.6. The summed E-state index contributed by atoms with van der Waals surface area (Å²) in [6.07, 6.45) is 4.84. The van der Waals surface area contributed by atoms with Crippen molar-refractivity contribution in [1.29, 1.82) is 0 Å². The minimum atomic E-state index is -2.00. The van der Waals surface area contributed by atoms with Crippen LogP contribution in [0.2, 0.25) is 5.02 Å². The van der Waals surface area contributed by atoms with E-state index >= 15 is 4.39 Å². The van der Waals surface area contributed by atoms with Crippen LogP contribution in [0.5, 0.6) is 5.75 Å². The van der Waals surface area contributed by atoms with E-state index in [0.717, 1.165) is 59.7 Å². The van der Waals surface area contributed by atoms with Crippen LogP contribution in [0.15, 0.2) is 54.2 Å². The summed E-state index contributed by atoms with van der Waals surface area (Å²) >= 11 is 9.24. The van der Waals surface area contributed by atoms with Crippen LogP contribution in [0.25, 0.3) is 10.4 Å². The number of β-amino-alcohol motifs (C(OH)–C–C–N with tert-alkyl or cyclic N) is 1. The zero-order valence-corrected chi connectivity index (χ0v) is 41.5. The number of aryl methyl sites for hydroxylation is 1. The Morgan fingerprint density at radius 2 is 1.78 bits per heavy atom. The maximum Gasteiger partial charge on any atom is 0.258 e. The van der Waals surface area contributed by atoms with E-state index in [2.05, 4.69) is 46.9 Å². The molecule has 2 aliphatic carbocycles. The molecule has 3 aliphatic rings. The SMILES string of the molecule is CNc1nc(Nc2ccc(C(=O)NCCNC[C@H]3CC[C@H](CSC(C)(C)[C@H](NC(=O)C4(F)CC4)C(=O)N4C[C@@H](O)CC4C(=O)NCc4ccc(-c5scnc5C)cc4)CC3)cc2OC)ncc1Cl. The summed E-state index contributed by atoms with van der Waals surface area (Å²) < 4.78 is 19.8. The molecule has 7 rings (SSSR count). The molecule has 4 aromatic rings. The Bertz CT molecular complexity index is 2420. The van der Waals surface area contributed by atoms with Gasteiger partial charge in [0.05, 0.1) is 41.2 Å². The molecule has 1 aliphatic heterocycles. The van der Waals surface area contributed by atoms with Crippen molar-refractivity contribution in [2.45, 2.75) is 101 Å². The number of halogens is 2. The number of anilines is 3. The van der Waals surface area contributed by atoms with Gasteiger partial charge in [0.2, 0.25) is 17.8 Å². The fourth-order valence-corrected chi connectivity index (χ4v) is 10.9. The molecule has 16 nitrogen and oxygen atoms in total. The minimum absolute atomic E-state index is 0.0551. The van der Waals surface area contributed by atoms with Gasteiger partial charge in [-0.25, -0.2) is 14.4 Å². The van der Waals surface area contributed by atoms with Crippen LogP contribution in [-0.4, -0.2) is 123 Å². The summed E-state index contributed by atoms with van der Waals surface area (Å²) in [6.45, 7) is 7.75. The van der Waals surface area contributed by atoms with Crippen LogP contribution in [0, 0.1) is 18.8 Å². The van der Waals surface area contributed by atoms with Crippen molar-refractivity contribution in [1.82, 2.24) is 41.1 Å². The van der Waals surface area contributed by atoms with Gasteiger partial charge in [0, 0.05) is 50.0 Å². The number of hydrogen-bond donors (Lipinski definition) is 7. The first kappa shape index (κ1) is 50.8. The number of thioether (sulfide) groups is 1. The first-order valence-corrected chi connectivity index (χ1v) is 25.4. The normalized spacial score (nSPS) is 20.3. The standard InChI is InChI=1S/C48H62ClFN10O6S2/c1-28-39(67-27-56-28)32-12-10-30(11-13-32)23-54-43(63)37-21-34(61)25-60(37)44(64)40(58-45(65)48(50)16-17-48)47(2,3)68-26-31-8-6-29(7-9-31)22-52-18-19-53-42(62)33-14-15-36(38(20-33)66-5)57-46-55-24-35(49)41(51-4)59-46/h10-15,20,24,27,29,31,34,37,40,52,61H,6-9,16-19,21-23,25-26H2,1-5H3,(H,53,62)(H,54,63)(H,58,65)(H2,51,55,57,59)/t29-,31-,34-,37?,40+/m0/s1. The lowest BCUT2D eigenvalue weighted by Gasteiger charge is -2.38. The van der Waals surface area contributed by atoms with Gasteiger partial charge in [-0.15, -0.1) is 11.3 Å². The van der Waals surface area contributed by atoms with E-state index in [0.29, 0.717) is 58.7 Å². The molecule has 0 radical (unpaired) electrons. The van der Waals surface area contributed by atoms with Crippen LogP contribution < -0.4 is 36.6 Å². The highest BCUT2D eigenvalue weighted by atomic mass is 35.5. The van der Waals surface area contributed by atoms with Crippen LogP contribution in [0.4, 0.5) is 21.8 Å². The van der Waals surface area contributed by atoms with Crippen molar-refractivity contribution in [3.8, 4) is 16.2 Å². The second-order valence-electron chi connectivity index (χ2n) is 18.4. The summed E-state index contributed by atoms with van der Waals surface area (Å²) in [4.78, 5) is 69.7. The molecule has 3 fully saturated rings. The molecule has 1 saturated heterocycles. The number of rotatable bonds is 21. The third-order valence-electron chi connectivity index (χ3n) is 13.0. The Hall–Kier alpha value is -5.08. The Balaban J connectivity index is 0.857. The summed E-state index contributed by atoms with van der Waals surface area (Å²) in [5.74, 6) is 0.896. The number of aromatic nitrogens is 3. The second-order valence-corrected chi connectivity index (χ2v) is 21.3. The molecular weight excluding hydrogens is 931 g/mol. The Morgan fingerprint density at radius 3 is 2.46 bits per heavy atom. The first-order valence-electron chi connectivity index (χ1n) is 23.1. The fourth-order valence-electron chi connectivity index (χ4n) is 8.61. The molecule has 1 unspecified atom stereocenters. The highest BCUT2D eigenvalue weighted by molar-refractivity contribution is 8.00. The van der Waals surface area contributed by atoms with Gasteiger partial charge >= 0.3 is 0 Å². The number of amides is 4. The predicted octanol–water partition coefficient (Wildman–Crippen LogP) is 6.26. The maximum absolute atomic E-state index is 15.1. The van der Waals surface area contributed by atoms with Crippen molar-refractivity contribution >= 4 is 75.8 Å². The highest BCUT2D eigenvalue weighted by Gasteiger charge is 2.54. The number of carbonyl (C=O) groups excluding carboxylic acids is 4. The number of thiazole rings is 1. The number of hydrogen-bond acceptors (Lipinski definition) is 14. The van der Waals surface area contributed by atoms with Crippen molar-refractivity contribution < 1.29 is 33.4 Å². The van der Waals surface area contributed by atoms with Gasteiger partial charge in [0.15, 0.2) is 5.67 Å². The summed E-state index contributed by atoms with van der Waals surface area (Å²) in [7, 11) is 3.24. The van der Waals surface area contributed by atoms with Gasteiger partial charge in [0.1, 0.15) is 28.7 Å². The average Bonchev–Trinajstić information content (AvgIpc) is 3.75. The van der Waals surface area contributed by atoms with Crippen LogP contribution >= 0.6 is 34.7 Å². The van der Waals surface area contributed by atoms with E-state index in [4.69, 9.17) is 16.3 Å². The number of nitrogens with one attached hydrogen (secondary N) is 6. The molecule has 7 N–H and O–H groups in total. The fraction of sp³-hybridized carbons (Fsp3) is 0.521. The van der Waals surface area contributed by atoms with Gasteiger partial charge in [0.25, 0.3) is 11.8 Å². The summed E-state index contributed by atoms with van der Waals surface area (Å²) in [5.41, 5.74) is 3.71. The van der Waals surface area contributed by atoms with Crippen LogP contribution in [-0.2, 0) is 20.9 Å². The lowest BCUT2D eigenvalue weighted by molar-refractivity contribution is -0.143. The number of likely N-dealkylation sites (tertiary alicyclic amines) is 1. The van der Waals surface area contributed by atoms with Gasteiger partial charge in [-0.05, 0) is 113 Å². The average molecular weight is 994 g/mol. The van der Waals surface area contributed by atoms with E-state index in [-0.39, 0.29) is 38.3 Å². The molecule has 68 heavy (non-hydrogen) atoms. The number of carbonyl (C=O) groups is 4. The minimum Gasteiger partial charge on any atom is -0.495 e. The molecule has 2 saturated carbocycles. The van der Waals surface area contributed by atoms with Crippen molar-refractivity contribution in [2.75, 3.05) is 56.7 Å². The number of alkyl halides is 1. The van der Waals surface area contributed by atoms with Crippen LogP contribution in [0.3, 0.4) is 0 Å². The third-order valence-corrected chi connectivity index (χ3v) is 15.8. The molecule has 4 amide bonds. The van der Waals surface area contributed by atoms with E-state index < -0.39 is 46.3 Å². The van der Waals surface area contributed by atoms with E-state index in [1.807, 2.05) is 50.5 Å². The van der Waals surface area contributed by atoms with Crippen molar-refractivity contribution in [2.24, 2.45) is 11.8 Å². The number of nitrogens with zero attached hydrogens (tertiary/aromatic N) is 4. The van der Waals surface area contributed by atoms with Gasteiger partial charge < -0.3 is 46.6 Å². The molecule has 2 aromatic heterocycles. The number of benzene rings is 2. The van der Waals surface area contributed by atoms with Gasteiger partial charge in [-0.1, -0.05) is 35.9 Å². The van der Waals surface area contributed by atoms with Gasteiger partial charge in [-0.2, -0.15) is 16.7 Å². The topological polar surface area (TPSA) is 212 Å². The number of aliphatic hydroxyl groups excluding tert-OH is 1. The first-order chi connectivity index (χ1) is 32.6. The van der Waals surface area contributed by atoms with E-state index in [1.165, 1.54) is 18.2 Å². The molecule has 2 aromatic carbocycles. The number of ether oxygens (including phenoxy) is 1. The molecule has 3 heterocycles. The summed E-state index contributed by atoms with van der Waals surface area (Å²) in [5, 5.41) is 29.3. The zero-order chi connectivity index (χ0) is 48.6. The van der Waals surface area contributed by atoms with Crippen LogP contribution in [0.1, 0.15) is 80.4 Å². The molecule has 0 bridgehead atoms. The molecular formula is C48H62ClFN10O6S2.